The number of nitrogens with two attached hydrogens (primary N) is 1. The third-order valence-electron chi connectivity index (χ3n) is 4.61. The van der Waals surface area contributed by atoms with Gasteiger partial charge in [0, 0.05) is 22.5 Å². The van der Waals surface area contributed by atoms with Gasteiger partial charge in [0.05, 0.1) is 6.61 Å². The summed E-state index contributed by atoms with van der Waals surface area (Å²) in [5.74, 6) is 1.05. The fraction of sp³-hybridized carbons (Fsp3) is 0.600. The lowest BCUT2D eigenvalue weighted by molar-refractivity contribution is 0.257. The number of halogens is 1. The second-order valence-corrected chi connectivity index (χ2v) is 6.84. The van der Waals surface area contributed by atoms with Crippen molar-refractivity contribution in [3.05, 3.63) is 27.7 Å². The lowest BCUT2D eigenvalue weighted by atomic mass is 9.77. The molecule has 3 rings (SSSR count). The van der Waals surface area contributed by atoms with Crippen LogP contribution in [0.15, 0.2) is 16.6 Å². The Morgan fingerprint density at radius 1 is 1.33 bits per heavy atom. The molecule has 0 bridgehead atoms. The molecule has 98 valence electrons. The Kier molecular flexibility index (Phi) is 3.15. The maximum atomic E-state index is 6.58. The molecule has 0 spiro atoms. The van der Waals surface area contributed by atoms with Gasteiger partial charge in [-0.1, -0.05) is 35.7 Å². The Bertz CT molecular complexity index is 466. The summed E-state index contributed by atoms with van der Waals surface area (Å²) in [6.07, 6.45) is 6.08. The van der Waals surface area contributed by atoms with Crippen LogP contribution in [0.25, 0.3) is 0 Å². The minimum atomic E-state index is 0.0874. The first kappa shape index (κ1) is 12.5. The summed E-state index contributed by atoms with van der Waals surface area (Å²) in [7, 11) is 0. The SMILES string of the molecule is CC1(C(N)c2cc(Br)cc3c2OCC3)CCCC1. The lowest BCUT2D eigenvalue weighted by Crippen LogP contribution is -2.29. The molecule has 2 aliphatic rings. The van der Waals surface area contributed by atoms with Crippen LogP contribution in [-0.4, -0.2) is 6.61 Å². The van der Waals surface area contributed by atoms with Crippen LogP contribution < -0.4 is 10.5 Å². The molecule has 1 atom stereocenters. The molecule has 1 heterocycles. The highest BCUT2D eigenvalue weighted by molar-refractivity contribution is 9.10. The normalized spacial score (nSPS) is 22.6. The molecule has 1 unspecified atom stereocenters. The van der Waals surface area contributed by atoms with Gasteiger partial charge in [0.25, 0.3) is 0 Å². The molecule has 1 aromatic carbocycles. The van der Waals surface area contributed by atoms with E-state index in [4.69, 9.17) is 10.5 Å². The monoisotopic (exact) mass is 309 g/mol. The van der Waals surface area contributed by atoms with E-state index in [0.717, 1.165) is 23.2 Å². The molecule has 1 saturated carbocycles. The van der Waals surface area contributed by atoms with Gasteiger partial charge in [0.2, 0.25) is 0 Å². The molecular weight excluding hydrogens is 290 g/mol. The third-order valence-corrected chi connectivity index (χ3v) is 5.07. The maximum absolute atomic E-state index is 6.58. The van der Waals surface area contributed by atoms with E-state index < -0.39 is 0 Å². The van der Waals surface area contributed by atoms with Crippen LogP contribution in [0.5, 0.6) is 5.75 Å². The van der Waals surface area contributed by atoms with Crippen molar-refractivity contribution in [1.29, 1.82) is 0 Å². The van der Waals surface area contributed by atoms with Gasteiger partial charge in [-0.3, -0.25) is 0 Å². The van der Waals surface area contributed by atoms with Gasteiger partial charge in [-0.15, -0.1) is 0 Å². The number of fused-ring (bicyclic) bond motifs is 1. The largest absolute Gasteiger partial charge is 0.493 e. The van der Waals surface area contributed by atoms with E-state index in [-0.39, 0.29) is 11.5 Å². The molecular formula is C15H20BrNO. The molecule has 0 amide bonds. The average Bonchev–Trinajstić information content (AvgIpc) is 2.96. The smallest absolute Gasteiger partial charge is 0.127 e. The van der Waals surface area contributed by atoms with Crippen molar-refractivity contribution >= 4 is 15.9 Å². The minimum Gasteiger partial charge on any atom is -0.493 e. The van der Waals surface area contributed by atoms with Crippen LogP contribution in [0.4, 0.5) is 0 Å². The number of ether oxygens (including phenoxy) is 1. The third kappa shape index (κ3) is 1.97. The second-order valence-electron chi connectivity index (χ2n) is 5.92. The predicted octanol–water partition coefficient (Wildman–Crippen LogP) is 3.96. The summed E-state index contributed by atoms with van der Waals surface area (Å²) in [6, 6.07) is 4.40. The van der Waals surface area contributed by atoms with Crippen LogP contribution >= 0.6 is 15.9 Å². The van der Waals surface area contributed by atoms with E-state index in [1.54, 1.807) is 0 Å². The van der Waals surface area contributed by atoms with Gasteiger partial charge < -0.3 is 10.5 Å². The number of hydrogen-bond acceptors (Lipinski definition) is 2. The Morgan fingerprint density at radius 3 is 2.78 bits per heavy atom. The molecule has 0 radical (unpaired) electrons. The summed E-state index contributed by atoms with van der Waals surface area (Å²) in [6.45, 7) is 3.12. The first-order valence-electron chi connectivity index (χ1n) is 6.81. The summed E-state index contributed by atoms with van der Waals surface area (Å²) >= 11 is 3.60. The van der Waals surface area contributed by atoms with Gasteiger partial charge in [-0.2, -0.15) is 0 Å². The van der Waals surface area contributed by atoms with Crippen LogP contribution in [0.1, 0.15) is 49.8 Å². The standard InChI is InChI=1S/C15H20BrNO/c1-15(5-2-3-6-15)14(17)12-9-11(16)8-10-4-7-18-13(10)12/h8-9,14H,2-7,17H2,1H3. The van der Waals surface area contributed by atoms with Crippen molar-refractivity contribution in [2.45, 2.75) is 45.1 Å². The quantitative estimate of drug-likeness (QED) is 0.897. The van der Waals surface area contributed by atoms with Gasteiger partial charge in [0.15, 0.2) is 0 Å². The highest BCUT2D eigenvalue weighted by Gasteiger charge is 2.38. The summed E-state index contributed by atoms with van der Waals surface area (Å²) in [4.78, 5) is 0. The molecule has 0 aromatic heterocycles. The predicted molar refractivity (Wildman–Crippen MR) is 76.8 cm³/mol. The first-order chi connectivity index (χ1) is 8.60. The van der Waals surface area contributed by atoms with Crippen LogP contribution in [0.2, 0.25) is 0 Å². The van der Waals surface area contributed by atoms with E-state index in [0.29, 0.717) is 0 Å². The number of hydrogen-bond donors (Lipinski definition) is 1. The Balaban J connectivity index is 2.01. The van der Waals surface area contributed by atoms with Crippen molar-refractivity contribution < 1.29 is 4.74 Å². The van der Waals surface area contributed by atoms with Gasteiger partial charge in [0.1, 0.15) is 5.75 Å². The Labute approximate surface area is 117 Å². The van der Waals surface area contributed by atoms with Crippen molar-refractivity contribution in [3.63, 3.8) is 0 Å². The zero-order valence-electron chi connectivity index (χ0n) is 10.8. The molecule has 2 N–H and O–H groups in total. The average molecular weight is 310 g/mol. The molecule has 3 heteroatoms. The van der Waals surface area contributed by atoms with Crippen molar-refractivity contribution in [3.8, 4) is 5.75 Å². The zero-order chi connectivity index (χ0) is 12.8. The van der Waals surface area contributed by atoms with Crippen molar-refractivity contribution in [1.82, 2.24) is 0 Å². The van der Waals surface area contributed by atoms with E-state index in [2.05, 4.69) is 35.0 Å². The fourth-order valence-corrected chi connectivity index (χ4v) is 3.92. The summed E-state index contributed by atoms with van der Waals surface area (Å²) < 4.78 is 6.93. The van der Waals surface area contributed by atoms with Crippen LogP contribution in [-0.2, 0) is 6.42 Å². The van der Waals surface area contributed by atoms with E-state index in [1.165, 1.54) is 36.8 Å². The molecule has 1 aliphatic heterocycles. The molecule has 2 nitrogen and oxygen atoms in total. The highest BCUT2D eigenvalue weighted by Crippen LogP contribution is 2.49. The van der Waals surface area contributed by atoms with Crippen LogP contribution in [0, 0.1) is 5.41 Å². The minimum absolute atomic E-state index is 0.0874. The van der Waals surface area contributed by atoms with E-state index >= 15 is 0 Å². The molecule has 1 aliphatic carbocycles. The van der Waals surface area contributed by atoms with Crippen LogP contribution in [0.3, 0.4) is 0 Å². The number of rotatable bonds is 2. The molecule has 1 fully saturated rings. The highest BCUT2D eigenvalue weighted by atomic mass is 79.9. The molecule has 18 heavy (non-hydrogen) atoms. The van der Waals surface area contributed by atoms with E-state index in [1.807, 2.05) is 0 Å². The fourth-order valence-electron chi connectivity index (χ4n) is 3.40. The van der Waals surface area contributed by atoms with Gasteiger partial charge in [-0.25, -0.2) is 0 Å². The molecule has 0 saturated heterocycles. The van der Waals surface area contributed by atoms with Gasteiger partial charge >= 0.3 is 0 Å². The summed E-state index contributed by atoms with van der Waals surface area (Å²) in [5.41, 5.74) is 9.31. The Hall–Kier alpha value is -0.540. The first-order valence-corrected chi connectivity index (χ1v) is 7.60. The lowest BCUT2D eigenvalue weighted by Gasteiger charge is -2.32. The van der Waals surface area contributed by atoms with Gasteiger partial charge in [-0.05, 0) is 36.0 Å². The molecule has 1 aromatic rings. The van der Waals surface area contributed by atoms with E-state index in [9.17, 15) is 0 Å². The second kappa shape index (κ2) is 4.53. The Morgan fingerprint density at radius 2 is 2.06 bits per heavy atom. The maximum Gasteiger partial charge on any atom is 0.127 e. The number of benzene rings is 1. The van der Waals surface area contributed by atoms with Crippen molar-refractivity contribution in [2.24, 2.45) is 11.1 Å². The summed E-state index contributed by atoms with van der Waals surface area (Å²) in [5, 5.41) is 0. The zero-order valence-corrected chi connectivity index (χ0v) is 12.4. The topological polar surface area (TPSA) is 35.2 Å². The van der Waals surface area contributed by atoms with Crippen molar-refractivity contribution in [2.75, 3.05) is 6.61 Å².